The van der Waals surface area contributed by atoms with Crippen LogP contribution in [0.4, 0.5) is 5.13 Å². The summed E-state index contributed by atoms with van der Waals surface area (Å²) in [6.45, 7) is 1.97. The Morgan fingerprint density at radius 1 is 1.00 bits per heavy atom. The Morgan fingerprint density at radius 3 is 2.63 bits per heavy atom. The van der Waals surface area contributed by atoms with E-state index >= 15 is 0 Å². The van der Waals surface area contributed by atoms with E-state index in [9.17, 15) is 4.79 Å². The first-order valence-corrected chi connectivity index (χ1v) is 11.8. The van der Waals surface area contributed by atoms with Gasteiger partial charge in [-0.3, -0.25) is 4.79 Å². The summed E-state index contributed by atoms with van der Waals surface area (Å²) >= 11 is 4.39. The number of nitrogens with one attached hydrogen (secondary N) is 1. The lowest BCUT2D eigenvalue weighted by Crippen LogP contribution is -2.14. The van der Waals surface area contributed by atoms with Gasteiger partial charge in [-0.15, -0.1) is 21.5 Å². The number of thiazole rings is 2. The number of amides is 1. The smallest absolute Gasteiger partial charge is 0.236 e. The SMILES string of the molecule is Cc1nc2c(SCC(=O)Nc3nc4ccccc4s3)nnc(-c3ccccc3)c2s1. The molecule has 0 aliphatic heterocycles. The van der Waals surface area contributed by atoms with Crippen LogP contribution in [-0.2, 0) is 4.79 Å². The van der Waals surface area contributed by atoms with Gasteiger partial charge in [-0.05, 0) is 19.1 Å². The van der Waals surface area contributed by atoms with Crippen molar-refractivity contribution in [1.82, 2.24) is 20.2 Å². The maximum Gasteiger partial charge on any atom is 0.236 e. The Morgan fingerprint density at radius 2 is 1.80 bits per heavy atom. The lowest BCUT2D eigenvalue weighted by atomic mass is 10.1. The van der Waals surface area contributed by atoms with E-state index in [0.29, 0.717) is 10.2 Å². The van der Waals surface area contributed by atoms with E-state index in [-0.39, 0.29) is 11.7 Å². The molecule has 0 unspecified atom stereocenters. The van der Waals surface area contributed by atoms with Gasteiger partial charge in [0.05, 0.1) is 25.7 Å². The molecule has 0 saturated carbocycles. The lowest BCUT2D eigenvalue weighted by Gasteiger charge is -2.05. The highest BCUT2D eigenvalue weighted by atomic mass is 32.2. The molecule has 0 fully saturated rings. The number of para-hydroxylation sites is 1. The van der Waals surface area contributed by atoms with Crippen LogP contribution in [0.5, 0.6) is 0 Å². The molecule has 0 radical (unpaired) electrons. The number of fused-ring (bicyclic) bond motifs is 2. The third-order valence-electron chi connectivity index (χ3n) is 4.32. The van der Waals surface area contributed by atoms with Gasteiger partial charge in [0.2, 0.25) is 5.91 Å². The van der Waals surface area contributed by atoms with Gasteiger partial charge in [-0.25, -0.2) is 9.97 Å². The molecule has 5 aromatic rings. The average Bonchev–Trinajstić information content (AvgIpc) is 3.35. The Labute approximate surface area is 184 Å². The number of hydrogen-bond donors (Lipinski definition) is 1. The van der Waals surface area contributed by atoms with Gasteiger partial charge in [0.15, 0.2) is 5.13 Å². The number of carbonyl (C=O) groups is 1. The van der Waals surface area contributed by atoms with Gasteiger partial charge in [0.1, 0.15) is 16.2 Å². The number of hydrogen-bond acceptors (Lipinski definition) is 8. The number of carbonyl (C=O) groups excluding carboxylic acids is 1. The van der Waals surface area contributed by atoms with Crippen LogP contribution in [0.1, 0.15) is 5.01 Å². The summed E-state index contributed by atoms with van der Waals surface area (Å²) in [6.07, 6.45) is 0. The fourth-order valence-corrected chi connectivity index (χ4v) is 5.61. The van der Waals surface area contributed by atoms with Crippen LogP contribution in [0.25, 0.3) is 31.7 Å². The molecule has 148 valence electrons. The van der Waals surface area contributed by atoms with Crippen molar-refractivity contribution in [3.05, 3.63) is 59.6 Å². The zero-order valence-corrected chi connectivity index (χ0v) is 18.3. The summed E-state index contributed by atoms with van der Waals surface area (Å²) in [5, 5.41) is 13.9. The highest BCUT2D eigenvalue weighted by Gasteiger charge is 2.17. The van der Waals surface area contributed by atoms with E-state index in [2.05, 4.69) is 25.5 Å². The quantitative estimate of drug-likeness (QED) is 0.362. The molecule has 6 nitrogen and oxygen atoms in total. The van der Waals surface area contributed by atoms with Gasteiger partial charge in [0.25, 0.3) is 0 Å². The van der Waals surface area contributed by atoms with E-state index in [1.54, 1.807) is 11.3 Å². The highest BCUT2D eigenvalue weighted by molar-refractivity contribution is 8.00. The number of rotatable bonds is 5. The third kappa shape index (κ3) is 3.79. The van der Waals surface area contributed by atoms with Gasteiger partial charge in [0, 0.05) is 5.56 Å². The minimum Gasteiger partial charge on any atom is -0.301 e. The molecule has 0 aliphatic carbocycles. The second-order valence-electron chi connectivity index (χ2n) is 6.45. The first kappa shape index (κ1) is 19.1. The van der Waals surface area contributed by atoms with Crippen molar-refractivity contribution in [2.24, 2.45) is 0 Å². The molecule has 0 aliphatic rings. The predicted molar refractivity (Wildman–Crippen MR) is 124 cm³/mol. The first-order chi connectivity index (χ1) is 14.7. The van der Waals surface area contributed by atoms with Crippen molar-refractivity contribution in [2.75, 3.05) is 11.1 Å². The second-order valence-corrected chi connectivity index (χ2v) is 9.65. The summed E-state index contributed by atoms with van der Waals surface area (Å²) in [5.41, 5.74) is 3.50. The van der Waals surface area contributed by atoms with Crippen LogP contribution in [0.2, 0.25) is 0 Å². The fraction of sp³-hybridized carbons (Fsp3) is 0.0952. The molecule has 5 rings (SSSR count). The van der Waals surface area contributed by atoms with Crippen LogP contribution < -0.4 is 5.32 Å². The molecule has 30 heavy (non-hydrogen) atoms. The summed E-state index contributed by atoms with van der Waals surface area (Å²) in [6, 6.07) is 17.8. The van der Waals surface area contributed by atoms with Crippen molar-refractivity contribution in [3.8, 4) is 11.3 Å². The van der Waals surface area contributed by atoms with Crippen LogP contribution in [0, 0.1) is 6.92 Å². The minimum atomic E-state index is -0.131. The molecule has 3 aromatic heterocycles. The van der Waals surface area contributed by atoms with Crippen LogP contribution >= 0.6 is 34.4 Å². The largest absolute Gasteiger partial charge is 0.301 e. The fourth-order valence-electron chi connectivity index (χ4n) is 3.02. The van der Waals surface area contributed by atoms with Crippen molar-refractivity contribution in [2.45, 2.75) is 11.9 Å². The van der Waals surface area contributed by atoms with E-state index in [1.165, 1.54) is 23.1 Å². The molecule has 2 aromatic carbocycles. The van der Waals surface area contributed by atoms with Gasteiger partial charge >= 0.3 is 0 Å². The summed E-state index contributed by atoms with van der Waals surface area (Å²) in [7, 11) is 0. The number of nitrogens with zero attached hydrogens (tertiary/aromatic N) is 4. The molecule has 0 bridgehead atoms. The molecular formula is C21H15N5OS3. The standard InChI is InChI=1S/C21H15N5OS3/c1-12-22-18-19(29-12)17(13-7-3-2-4-8-13)25-26-20(18)28-11-16(27)24-21-23-14-9-5-6-10-15(14)30-21/h2-10H,11H2,1H3,(H,23,24,27). The zero-order valence-electron chi connectivity index (χ0n) is 15.8. The van der Waals surface area contributed by atoms with Crippen LogP contribution in [0.15, 0.2) is 59.6 Å². The van der Waals surface area contributed by atoms with Gasteiger partial charge < -0.3 is 5.32 Å². The van der Waals surface area contributed by atoms with Crippen molar-refractivity contribution in [1.29, 1.82) is 0 Å². The van der Waals surface area contributed by atoms with E-state index in [1.807, 2.05) is 61.5 Å². The second kappa shape index (κ2) is 8.10. The Balaban J connectivity index is 1.36. The van der Waals surface area contributed by atoms with Crippen LogP contribution in [-0.4, -0.2) is 31.8 Å². The normalized spacial score (nSPS) is 11.2. The van der Waals surface area contributed by atoms with Crippen molar-refractivity contribution >= 4 is 65.9 Å². The number of aryl methyl sites for hydroxylation is 1. The highest BCUT2D eigenvalue weighted by Crippen LogP contribution is 2.35. The van der Waals surface area contributed by atoms with E-state index in [4.69, 9.17) is 0 Å². The summed E-state index contributed by atoms with van der Waals surface area (Å²) < 4.78 is 2.03. The number of thioether (sulfide) groups is 1. The summed E-state index contributed by atoms with van der Waals surface area (Å²) in [4.78, 5) is 21.5. The lowest BCUT2D eigenvalue weighted by molar-refractivity contribution is -0.113. The number of anilines is 1. The topological polar surface area (TPSA) is 80.7 Å². The van der Waals surface area contributed by atoms with Gasteiger partial charge in [-0.1, -0.05) is 65.6 Å². The van der Waals surface area contributed by atoms with Gasteiger partial charge in [-0.2, -0.15) is 0 Å². The molecule has 0 spiro atoms. The first-order valence-electron chi connectivity index (χ1n) is 9.15. The molecule has 0 atom stereocenters. The average molecular weight is 450 g/mol. The molecule has 0 saturated heterocycles. The van der Waals surface area contributed by atoms with Crippen molar-refractivity contribution < 1.29 is 4.79 Å². The Hall–Kier alpha value is -2.88. The molecular weight excluding hydrogens is 434 g/mol. The molecule has 9 heteroatoms. The zero-order chi connectivity index (χ0) is 20.5. The Kier molecular flexibility index (Phi) is 5.16. The van der Waals surface area contributed by atoms with E-state index in [0.717, 1.165) is 36.7 Å². The van der Waals surface area contributed by atoms with E-state index < -0.39 is 0 Å². The van der Waals surface area contributed by atoms with Crippen LogP contribution in [0.3, 0.4) is 0 Å². The molecule has 3 heterocycles. The molecule has 1 amide bonds. The molecule has 1 N–H and O–H groups in total. The Bertz CT molecular complexity index is 1330. The van der Waals surface area contributed by atoms with Crippen molar-refractivity contribution in [3.63, 3.8) is 0 Å². The minimum absolute atomic E-state index is 0.131. The third-order valence-corrected chi connectivity index (χ3v) is 7.20. The monoisotopic (exact) mass is 449 g/mol. The predicted octanol–water partition coefficient (Wildman–Crippen LogP) is 5.40. The maximum atomic E-state index is 12.5. The summed E-state index contributed by atoms with van der Waals surface area (Å²) in [5.74, 6) is 0.0779. The number of aromatic nitrogens is 4. The maximum absolute atomic E-state index is 12.5. The number of benzene rings is 2.